The molecule has 1 aromatic rings. The Kier molecular flexibility index (Phi) is 4.67. The number of carbonyl (C=O) groups is 1. The van der Waals surface area contributed by atoms with E-state index in [2.05, 4.69) is 32.2 Å². The fourth-order valence-corrected chi connectivity index (χ4v) is 2.83. The fourth-order valence-electron chi connectivity index (χ4n) is 2.83. The molecule has 0 saturated heterocycles. The number of benzene rings is 1. The molecule has 1 aliphatic rings. The SMILES string of the molecule is CC1CCC(C#N)(NC(=O)c2ccc(C(C)C)cc2)CC1. The molecule has 0 unspecified atom stereocenters. The minimum atomic E-state index is -0.680. The minimum absolute atomic E-state index is 0.138. The number of hydrogen-bond acceptors (Lipinski definition) is 2. The van der Waals surface area contributed by atoms with Crippen molar-refractivity contribution in [2.45, 2.75) is 57.9 Å². The summed E-state index contributed by atoms with van der Waals surface area (Å²) in [6, 6.07) is 10.0. The van der Waals surface area contributed by atoms with Gasteiger partial charge in [-0.05, 0) is 55.2 Å². The summed E-state index contributed by atoms with van der Waals surface area (Å²) >= 11 is 0. The molecule has 3 heteroatoms. The van der Waals surface area contributed by atoms with Crippen LogP contribution in [0.3, 0.4) is 0 Å². The maximum atomic E-state index is 12.4. The van der Waals surface area contributed by atoms with E-state index >= 15 is 0 Å². The predicted molar refractivity (Wildman–Crippen MR) is 84.0 cm³/mol. The van der Waals surface area contributed by atoms with Crippen molar-refractivity contribution in [1.29, 1.82) is 5.26 Å². The summed E-state index contributed by atoms with van der Waals surface area (Å²) in [5, 5.41) is 12.4. The van der Waals surface area contributed by atoms with E-state index in [4.69, 9.17) is 0 Å². The van der Waals surface area contributed by atoms with Gasteiger partial charge in [-0.1, -0.05) is 32.9 Å². The third-order valence-electron chi connectivity index (χ3n) is 4.53. The molecule has 112 valence electrons. The first-order valence-corrected chi connectivity index (χ1v) is 7.79. The van der Waals surface area contributed by atoms with Gasteiger partial charge < -0.3 is 5.32 Å². The van der Waals surface area contributed by atoms with Crippen LogP contribution >= 0.6 is 0 Å². The summed E-state index contributed by atoms with van der Waals surface area (Å²) in [5.74, 6) is 0.961. The predicted octanol–water partition coefficient (Wildman–Crippen LogP) is 4.01. The molecular weight excluding hydrogens is 260 g/mol. The second-order valence-electron chi connectivity index (χ2n) is 6.61. The number of nitrogens with one attached hydrogen (secondary N) is 1. The number of nitrogens with zero attached hydrogens (tertiary/aromatic N) is 1. The molecular formula is C18H24N2O. The van der Waals surface area contributed by atoms with Crippen LogP contribution in [0.5, 0.6) is 0 Å². The molecule has 3 nitrogen and oxygen atoms in total. The molecule has 1 aliphatic carbocycles. The van der Waals surface area contributed by atoms with Crippen molar-refractivity contribution < 1.29 is 4.79 Å². The molecule has 1 saturated carbocycles. The van der Waals surface area contributed by atoms with E-state index in [0.717, 1.165) is 25.7 Å². The third kappa shape index (κ3) is 3.64. The molecule has 0 radical (unpaired) electrons. The lowest BCUT2D eigenvalue weighted by atomic mass is 9.78. The van der Waals surface area contributed by atoms with E-state index in [0.29, 0.717) is 17.4 Å². The number of amides is 1. The maximum absolute atomic E-state index is 12.4. The van der Waals surface area contributed by atoms with E-state index in [9.17, 15) is 10.1 Å². The number of rotatable bonds is 3. The maximum Gasteiger partial charge on any atom is 0.252 e. The van der Waals surface area contributed by atoms with Crippen molar-refractivity contribution in [3.05, 3.63) is 35.4 Å². The van der Waals surface area contributed by atoms with Crippen molar-refractivity contribution >= 4 is 5.91 Å². The number of nitriles is 1. The van der Waals surface area contributed by atoms with Gasteiger partial charge in [0.25, 0.3) is 5.91 Å². The van der Waals surface area contributed by atoms with E-state index in [1.165, 1.54) is 5.56 Å². The lowest BCUT2D eigenvalue weighted by Gasteiger charge is -2.34. The topological polar surface area (TPSA) is 52.9 Å². The van der Waals surface area contributed by atoms with Crippen LogP contribution in [-0.4, -0.2) is 11.4 Å². The zero-order valence-corrected chi connectivity index (χ0v) is 13.1. The molecule has 1 amide bonds. The zero-order chi connectivity index (χ0) is 15.5. The summed E-state index contributed by atoms with van der Waals surface area (Å²) < 4.78 is 0. The smallest absolute Gasteiger partial charge is 0.252 e. The summed E-state index contributed by atoms with van der Waals surface area (Å²) in [6.45, 7) is 6.46. The highest BCUT2D eigenvalue weighted by molar-refractivity contribution is 5.95. The van der Waals surface area contributed by atoms with E-state index in [1.54, 1.807) is 0 Å². The first-order valence-electron chi connectivity index (χ1n) is 7.79. The Morgan fingerprint density at radius 1 is 1.29 bits per heavy atom. The fraction of sp³-hybridized carbons (Fsp3) is 0.556. The van der Waals surface area contributed by atoms with Gasteiger partial charge >= 0.3 is 0 Å². The first kappa shape index (κ1) is 15.6. The van der Waals surface area contributed by atoms with Crippen LogP contribution in [0.2, 0.25) is 0 Å². The molecule has 0 heterocycles. The molecule has 2 rings (SSSR count). The number of carbonyl (C=O) groups excluding carboxylic acids is 1. The highest BCUT2D eigenvalue weighted by atomic mass is 16.1. The average Bonchev–Trinajstić information content (AvgIpc) is 2.50. The molecule has 21 heavy (non-hydrogen) atoms. The minimum Gasteiger partial charge on any atom is -0.334 e. The van der Waals surface area contributed by atoms with Gasteiger partial charge in [-0.2, -0.15) is 5.26 Å². The lowest BCUT2D eigenvalue weighted by molar-refractivity contribution is 0.0894. The van der Waals surface area contributed by atoms with Crippen molar-refractivity contribution in [2.24, 2.45) is 5.92 Å². The Bertz CT molecular complexity index is 531. The molecule has 0 aliphatic heterocycles. The normalized spacial score (nSPS) is 25.4. The molecule has 0 spiro atoms. The molecule has 1 aromatic carbocycles. The van der Waals surface area contributed by atoms with E-state index < -0.39 is 5.54 Å². The molecule has 1 N–H and O–H groups in total. The van der Waals surface area contributed by atoms with Crippen molar-refractivity contribution in [3.8, 4) is 6.07 Å². The van der Waals surface area contributed by atoms with Crippen molar-refractivity contribution in [3.63, 3.8) is 0 Å². The van der Waals surface area contributed by atoms with Gasteiger partial charge in [-0.25, -0.2) is 0 Å². The molecule has 0 aromatic heterocycles. The standard InChI is InChI=1S/C18H24N2O/c1-13(2)15-4-6-16(7-5-15)17(21)20-18(12-19)10-8-14(3)9-11-18/h4-7,13-14H,8-11H2,1-3H3,(H,20,21). The Labute approximate surface area is 127 Å². The number of hydrogen-bond donors (Lipinski definition) is 1. The lowest BCUT2D eigenvalue weighted by Crippen LogP contribution is -2.49. The highest BCUT2D eigenvalue weighted by Gasteiger charge is 2.35. The average molecular weight is 284 g/mol. The first-order chi connectivity index (χ1) is 9.96. The van der Waals surface area contributed by atoms with Gasteiger partial charge in [0.05, 0.1) is 6.07 Å². The Morgan fingerprint density at radius 2 is 1.86 bits per heavy atom. The third-order valence-corrected chi connectivity index (χ3v) is 4.53. The van der Waals surface area contributed by atoms with Crippen molar-refractivity contribution in [1.82, 2.24) is 5.32 Å². The zero-order valence-electron chi connectivity index (χ0n) is 13.1. The molecule has 0 bridgehead atoms. The van der Waals surface area contributed by atoms with E-state index in [1.807, 2.05) is 24.3 Å². The summed E-state index contributed by atoms with van der Waals surface area (Å²) in [4.78, 5) is 12.4. The monoisotopic (exact) mass is 284 g/mol. The Balaban J connectivity index is 2.08. The van der Waals surface area contributed by atoms with Gasteiger partial charge in [-0.3, -0.25) is 4.79 Å². The largest absolute Gasteiger partial charge is 0.334 e. The highest BCUT2D eigenvalue weighted by Crippen LogP contribution is 2.31. The van der Waals surface area contributed by atoms with Crippen LogP contribution in [0.15, 0.2) is 24.3 Å². The van der Waals surface area contributed by atoms with E-state index in [-0.39, 0.29) is 5.91 Å². The Morgan fingerprint density at radius 3 is 2.33 bits per heavy atom. The Hall–Kier alpha value is -1.82. The molecule has 0 atom stereocenters. The van der Waals surface area contributed by atoms with Crippen LogP contribution in [0.4, 0.5) is 0 Å². The second-order valence-corrected chi connectivity index (χ2v) is 6.61. The van der Waals surface area contributed by atoms with Crippen LogP contribution in [0, 0.1) is 17.2 Å². The summed E-state index contributed by atoms with van der Waals surface area (Å²) in [7, 11) is 0. The van der Waals surface area contributed by atoms with Crippen LogP contribution < -0.4 is 5.32 Å². The second kappa shape index (κ2) is 6.30. The van der Waals surface area contributed by atoms with Crippen LogP contribution in [-0.2, 0) is 0 Å². The van der Waals surface area contributed by atoms with Gasteiger partial charge in [-0.15, -0.1) is 0 Å². The van der Waals surface area contributed by atoms with Crippen LogP contribution in [0.1, 0.15) is 68.3 Å². The van der Waals surface area contributed by atoms with Gasteiger partial charge in [0.1, 0.15) is 5.54 Å². The quantitative estimate of drug-likeness (QED) is 0.911. The molecule has 1 fully saturated rings. The van der Waals surface area contributed by atoms with Gasteiger partial charge in [0, 0.05) is 5.56 Å². The van der Waals surface area contributed by atoms with Crippen LogP contribution in [0.25, 0.3) is 0 Å². The summed E-state index contributed by atoms with van der Waals surface area (Å²) in [6.07, 6.45) is 3.50. The van der Waals surface area contributed by atoms with Gasteiger partial charge in [0.15, 0.2) is 0 Å². The van der Waals surface area contributed by atoms with Gasteiger partial charge in [0.2, 0.25) is 0 Å². The summed E-state index contributed by atoms with van der Waals surface area (Å²) in [5.41, 5.74) is 1.17. The van der Waals surface area contributed by atoms with Crippen molar-refractivity contribution in [2.75, 3.05) is 0 Å².